The van der Waals surface area contributed by atoms with Gasteiger partial charge in [0.1, 0.15) is 11.9 Å². The van der Waals surface area contributed by atoms with E-state index in [1.807, 2.05) is 0 Å². The third-order valence-corrected chi connectivity index (χ3v) is 7.13. The van der Waals surface area contributed by atoms with E-state index in [1.165, 1.54) is 12.0 Å². The number of anilines is 1. The maximum Gasteiger partial charge on any atom is 0.337 e. The Kier molecular flexibility index (Phi) is 5.16. The first-order valence-electron chi connectivity index (χ1n) is 10.4. The number of hydrogen-bond donors (Lipinski definition) is 0. The zero-order chi connectivity index (χ0) is 22.6. The Balaban J connectivity index is 1.61. The molecule has 2 aromatic rings. The van der Waals surface area contributed by atoms with E-state index in [-0.39, 0.29) is 28.4 Å². The van der Waals surface area contributed by atoms with Crippen LogP contribution < -0.4 is 4.90 Å². The minimum Gasteiger partial charge on any atom is -0.483 e. The van der Waals surface area contributed by atoms with E-state index in [9.17, 15) is 14.4 Å². The second-order valence-corrected chi connectivity index (χ2v) is 9.56. The van der Waals surface area contributed by atoms with E-state index in [0.29, 0.717) is 41.1 Å². The molecule has 1 saturated carbocycles. The fraction of sp³-hybridized carbons (Fsp3) is 0.391. The summed E-state index contributed by atoms with van der Waals surface area (Å²) in [4.78, 5) is 40.7. The number of methoxy groups -OCH3 is 1. The second kappa shape index (κ2) is 7.88. The lowest BCUT2D eigenvalue weighted by atomic mass is 9.77. The standard InChI is InChI=1S/C23H21BrN2O6/c1-11-9-17(25-32-11)26-19(12-3-5-13(6-4-12)23(29)30-2)18-20(27)15-10-14(24)7-8-16(15)31-21(18)22(26)28/h3-6,9,14-16,19H,7-8,10H2,1-2H3. The molecule has 0 saturated heterocycles. The van der Waals surface area contributed by atoms with Gasteiger partial charge in [0.25, 0.3) is 5.91 Å². The number of fused-ring (bicyclic) bond motifs is 1. The summed E-state index contributed by atoms with van der Waals surface area (Å²) < 4.78 is 16.1. The first-order chi connectivity index (χ1) is 15.4. The first-order valence-corrected chi connectivity index (χ1v) is 11.3. The van der Waals surface area contributed by atoms with Crippen LogP contribution in [0.4, 0.5) is 5.82 Å². The molecule has 0 N–H and O–H groups in total. The maximum absolute atomic E-state index is 13.7. The summed E-state index contributed by atoms with van der Waals surface area (Å²) >= 11 is 3.63. The van der Waals surface area contributed by atoms with Crippen LogP contribution in [-0.4, -0.2) is 40.9 Å². The molecule has 5 rings (SSSR count). The highest BCUT2D eigenvalue weighted by atomic mass is 79.9. The fourth-order valence-electron chi connectivity index (χ4n) is 4.75. The van der Waals surface area contributed by atoms with Crippen molar-refractivity contribution in [2.24, 2.45) is 5.92 Å². The smallest absolute Gasteiger partial charge is 0.337 e. The molecule has 32 heavy (non-hydrogen) atoms. The summed E-state index contributed by atoms with van der Waals surface area (Å²) in [5, 5.41) is 4.02. The number of carbonyl (C=O) groups excluding carboxylic acids is 3. The zero-order valence-electron chi connectivity index (χ0n) is 17.5. The van der Waals surface area contributed by atoms with Crippen LogP contribution in [0.15, 0.2) is 46.2 Å². The van der Waals surface area contributed by atoms with Crippen molar-refractivity contribution >= 4 is 39.4 Å². The van der Waals surface area contributed by atoms with E-state index >= 15 is 0 Å². The number of amides is 1. The Hall–Kier alpha value is -2.94. The molecule has 1 amide bonds. The Bertz CT molecular complexity index is 1140. The molecule has 0 bridgehead atoms. The topological polar surface area (TPSA) is 98.9 Å². The van der Waals surface area contributed by atoms with Crippen molar-refractivity contribution in [3.63, 3.8) is 0 Å². The fourth-order valence-corrected chi connectivity index (χ4v) is 5.42. The lowest BCUT2D eigenvalue weighted by Gasteiger charge is -2.37. The van der Waals surface area contributed by atoms with Crippen LogP contribution >= 0.6 is 15.9 Å². The van der Waals surface area contributed by atoms with Gasteiger partial charge in [-0.05, 0) is 43.9 Å². The number of ketones is 1. The number of alkyl halides is 1. The van der Waals surface area contributed by atoms with Crippen molar-refractivity contribution in [1.29, 1.82) is 0 Å². The molecule has 8 nitrogen and oxygen atoms in total. The number of halogens is 1. The van der Waals surface area contributed by atoms with Gasteiger partial charge >= 0.3 is 5.97 Å². The lowest BCUT2D eigenvalue weighted by Crippen LogP contribution is -2.41. The Morgan fingerprint density at radius 2 is 1.97 bits per heavy atom. The molecular formula is C23H21BrN2O6. The highest BCUT2D eigenvalue weighted by Gasteiger charge is 2.53. The van der Waals surface area contributed by atoms with Crippen molar-refractivity contribution in [2.75, 3.05) is 12.0 Å². The number of carbonyl (C=O) groups is 3. The number of aryl methyl sites for hydroxylation is 1. The highest BCUT2D eigenvalue weighted by Crippen LogP contribution is 2.48. The van der Waals surface area contributed by atoms with Gasteiger partial charge in [-0.1, -0.05) is 33.2 Å². The number of esters is 1. The van der Waals surface area contributed by atoms with Gasteiger partial charge in [0.2, 0.25) is 0 Å². The molecule has 1 aliphatic carbocycles. The van der Waals surface area contributed by atoms with E-state index in [0.717, 1.165) is 6.42 Å². The maximum atomic E-state index is 13.7. The van der Waals surface area contributed by atoms with Crippen molar-refractivity contribution in [3.8, 4) is 0 Å². The zero-order valence-corrected chi connectivity index (χ0v) is 19.1. The normalized spacial score (nSPS) is 27.2. The molecule has 3 heterocycles. The molecule has 166 valence electrons. The van der Waals surface area contributed by atoms with Crippen LogP contribution in [0.25, 0.3) is 0 Å². The summed E-state index contributed by atoms with van der Waals surface area (Å²) in [6, 6.07) is 7.59. The number of ether oxygens (including phenoxy) is 2. The molecule has 0 spiro atoms. The third kappa shape index (κ3) is 3.26. The van der Waals surface area contributed by atoms with E-state index in [1.54, 1.807) is 37.3 Å². The second-order valence-electron chi connectivity index (χ2n) is 8.27. The van der Waals surface area contributed by atoms with Crippen molar-refractivity contribution in [3.05, 3.63) is 58.6 Å². The van der Waals surface area contributed by atoms with Crippen LogP contribution in [-0.2, 0) is 19.1 Å². The minimum absolute atomic E-state index is 0.0708. The van der Waals surface area contributed by atoms with Crippen LogP contribution in [0.2, 0.25) is 0 Å². The van der Waals surface area contributed by atoms with E-state index in [4.69, 9.17) is 14.0 Å². The van der Waals surface area contributed by atoms with Gasteiger partial charge in [0.15, 0.2) is 17.4 Å². The van der Waals surface area contributed by atoms with Gasteiger partial charge in [-0.3, -0.25) is 14.5 Å². The predicted octanol–water partition coefficient (Wildman–Crippen LogP) is 3.64. The molecule has 1 aromatic carbocycles. The van der Waals surface area contributed by atoms with Crippen LogP contribution in [0.3, 0.4) is 0 Å². The van der Waals surface area contributed by atoms with E-state index < -0.39 is 17.9 Å². The third-order valence-electron chi connectivity index (χ3n) is 6.29. The summed E-state index contributed by atoms with van der Waals surface area (Å²) in [7, 11) is 1.31. The highest BCUT2D eigenvalue weighted by molar-refractivity contribution is 9.09. The molecule has 1 aromatic heterocycles. The summed E-state index contributed by atoms with van der Waals surface area (Å²) in [5.41, 5.74) is 1.38. The molecule has 0 radical (unpaired) electrons. The molecule has 2 aliphatic heterocycles. The van der Waals surface area contributed by atoms with Gasteiger partial charge in [-0.25, -0.2) is 4.79 Å². The first kappa shape index (κ1) is 20.9. The minimum atomic E-state index is -0.724. The average molecular weight is 501 g/mol. The average Bonchev–Trinajstić information content (AvgIpc) is 3.35. The Morgan fingerprint density at radius 3 is 2.62 bits per heavy atom. The quantitative estimate of drug-likeness (QED) is 0.468. The summed E-state index contributed by atoms with van der Waals surface area (Å²) in [5.74, 6) is -0.320. The summed E-state index contributed by atoms with van der Waals surface area (Å²) in [6.07, 6.45) is 1.94. The number of Topliss-reactive ketones (excluding diaryl/α,β-unsaturated/α-hetero) is 1. The number of benzene rings is 1. The molecule has 4 unspecified atom stereocenters. The SMILES string of the molecule is COC(=O)c1ccc(C2C3=C(OC4CCC(Br)CC4C3=O)C(=O)N2c2cc(C)on2)cc1. The molecule has 4 atom stereocenters. The molecule has 3 aliphatic rings. The lowest BCUT2D eigenvalue weighted by molar-refractivity contribution is -0.131. The van der Waals surface area contributed by atoms with Gasteiger partial charge < -0.3 is 14.0 Å². The van der Waals surface area contributed by atoms with Gasteiger partial charge in [0.05, 0.1) is 30.2 Å². The van der Waals surface area contributed by atoms with Crippen molar-refractivity contribution < 1.29 is 28.4 Å². The molecular weight excluding hydrogens is 480 g/mol. The van der Waals surface area contributed by atoms with Crippen molar-refractivity contribution in [2.45, 2.75) is 43.2 Å². The van der Waals surface area contributed by atoms with Gasteiger partial charge in [-0.15, -0.1) is 0 Å². The number of rotatable bonds is 3. The summed E-state index contributed by atoms with van der Waals surface area (Å²) in [6.45, 7) is 1.73. The largest absolute Gasteiger partial charge is 0.483 e. The van der Waals surface area contributed by atoms with Gasteiger partial charge in [-0.2, -0.15) is 0 Å². The molecule has 1 fully saturated rings. The number of hydrogen-bond acceptors (Lipinski definition) is 7. The van der Waals surface area contributed by atoms with Crippen LogP contribution in [0.5, 0.6) is 0 Å². The number of nitrogens with zero attached hydrogens (tertiary/aromatic N) is 2. The van der Waals surface area contributed by atoms with Crippen LogP contribution in [0, 0.1) is 12.8 Å². The predicted molar refractivity (Wildman–Crippen MR) is 116 cm³/mol. The van der Waals surface area contributed by atoms with Gasteiger partial charge in [0, 0.05) is 10.9 Å². The van der Waals surface area contributed by atoms with Crippen molar-refractivity contribution in [1.82, 2.24) is 5.16 Å². The molecule has 9 heteroatoms. The number of aromatic nitrogens is 1. The monoisotopic (exact) mass is 500 g/mol. The van der Waals surface area contributed by atoms with Crippen LogP contribution in [0.1, 0.15) is 47.0 Å². The Morgan fingerprint density at radius 1 is 1.22 bits per heavy atom. The Labute approximate surface area is 192 Å². The van der Waals surface area contributed by atoms with E-state index in [2.05, 4.69) is 21.1 Å².